The number of nitrogens with zero attached hydrogens (tertiary/aromatic N) is 3. The first-order valence-corrected chi connectivity index (χ1v) is 5.88. The molecule has 1 aliphatic heterocycles. The molecule has 0 radical (unpaired) electrons. The van der Waals surface area contributed by atoms with E-state index in [0.717, 1.165) is 31.9 Å². The van der Waals surface area contributed by atoms with Crippen LogP contribution in [0, 0.1) is 11.3 Å². The van der Waals surface area contributed by atoms with Crippen LogP contribution in [0.4, 0.5) is 5.69 Å². The zero-order chi connectivity index (χ0) is 13.0. The van der Waals surface area contributed by atoms with Gasteiger partial charge in [-0.1, -0.05) is 0 Å². The zero-order valence-electron chi connectivity index (χ0n) is 10.0. The fourth-order valence-corrected chi connectivity index (χ4v) is 2.10. The number of carboxylic acid groups (broad SMARTS) is 1. The number of aliphatic carboxylic acids is 1. The maximum absolute atomic E-state index is 10.6. The van der Waals surface area contributed by atoms with Crippen LogP contribution in [-0.2, 0) is 4.79 Å². The van der Waals surface area contributed by atoms with Crippen LogP contribution >= 0.6 is 0 Å². The number of carboxylic acids is 1. The lowest BCUT2D eigenvalue weighted by Gasteiger charge is -2.35. The smallest absolute Gasteiger partial charge is 0.317 e. The topological polar surface area (TPSA) is 67.6 Å². The minimum Gasteiger partial charge on any atom is -0.480 e. The van der Waals surface area contributed by atoms with Crippen LogP contribution in [0.2, 0.25) is 0 Å². The molecule has 0 atom stereocenters. The van der Waals surface area contributed by atoms with E-state index in [1.807, 2.05) is 17.0 Å². The van der Waals surface area contributed by atoms with E-state index in [-0.39, 0.29) is 6.54 Å². The van der Waals surface area contributed by atoms with Crippen molar-refractivity contribution in [1.82, 2.24) is 4.90 Å². The first-order valence-electron chi connectivity index (χ1n) is 5.88. The SMILES string of the molecule is N#Cc1ccc(N2CCN(CC(=O)O)CC2)cc1. The molecule has 0 amide bonds. The predicted molar refractivity (Wildman–Crippen MR) is 67.4 cm³/mol. The number of hydrogen-bond donors (Lipinski definition) is 1. The fraction of sp³-hybridized carbons (Fsp3) is 0.385. The summed E-state index contributed by atoms with van der Waals surface area (Å²) in [6, 6.07) is 9.57. The van der Waals surface area contributed by atoms with Gasteiger partial charge in [0.25, 0.3) is 0 Å². The van der Waals surface area contributed by atoms with Gasteiger partial charge in [0.1, 0.15) is 0 Å². The lowest BCUT2D eigenvalue weighted by Crippen LogP contribution is -2.47. The number of nitriles is 1. The van der Waals surface area contributed by atoms with Crippen molar-refractivity contribution in [2.45, 2.75) is 0 Å². The van der Waals surface area contributed by atoms with Crippen molar-refractivity contribution in [2.24, 2.45) is 0 Å². The molecule has 1 heterocycles. The van der Waals surface area contributed by atoms with Gasteiger partial charge in [0.2, 0.25) is 0 Å². The molecule has 1 N–H and O–H groups in total. The standard InChI is InChI=1S/C13H15N3O2/c14-9-11-1-3-12(4-2-11)16-7-5-15(6-8-16)10-13(17)18/h1-4H,5-8,10H2,(H,17,18). The Balaban J connectivity index is 1.93. The molecule has 0 aliphatic carbocycles. The third kappa shape index (κ3) is 2.99. The molecular formula is C13H15N3O2. The maximum Gasteiger partial charge on any atom is 0.317 e. The summed E-state index contributed by atoms with van der Waals surface area (Å²) in [4.78, 5) is 14.7. The molecule has 18 heavy (non-hydrogen) atoms. The summed E-state index contributed by atoms with van der Waals surface area (Å²) in [5.74, 6) is -0.776. The molecule has 2 rings (SSSR count). The number of carbonyl (C=O) groups is 1. The Bertz CT molecular complexity index is 456. The Kier molecular flexibility index (Phi) is 3.80. The Morgan fingerprint density at radius 3 is 2.33 bits per heavy atom. The maximum atomic E-state index is 10.6. The van der Waals surface area contributed by atoms with Crippen LogP contribution in [0.1, 0.15) is 5.56 Å². The Morgan fingerprint density at radius 1 is 1.22 bits per heavy atom. The molecule has 94 valence electrons. The summed E-state index contributed by atoms with van der Waals surface area (Å²) in [6.07, 6.45) is 0. The highest BCUT2D eigenvalue weighted by Crippen LogP contribution is 2.16. The van der Waals surface area contributed by atoms with Crippen LogP contribution in [0.3, 0.4) is 0 Å². The quantitative estimate of drug-likeness (QED) is 0.851. The molecule has 1 aromatic carbocycles. The van der Waals surface area contributed by atoms with Crippen LogP contribution in [0.5, 0.6) is 0 Å². The van der Waals surface area contributed by atoms with E-state index in [9.17, 15) is 4.79 Å². The van der Waals surface area contributed by atoms with E-state index in [4.69, 9.17) is 10.4 Å². The van der Waals surface area contributed by atoms with Gasteiger partial charge in [-0.15, -0.1) is 0 Å². The summed E-state index contributed by atoms with van der Waals surface area (Å²) >= 11 is 0. The number of benzene rings is 1. The highest BCUT2D eigenvalue weighted by Gasteiger charge is 2.18. The van der Waals surface area contributed by atoms with Gasteiger partial charge >= 0.3 is 5.97 Å². The van der Waals surface area contributed by atoms with Crippen molar-refractivity contribution < 1.29 is 9.90 Å². The summed E-state index contributed by atoms with van der Waals surface area (Å²) in [5, 5.41) is 17.5. The molecule has 1 fully saturated rings. The molecule has 0 spiro atoms. The van der Waals surface area contributed by atoms with Gasteiger partial charge in [0.05, 0.1) is 18.2 Å². The lowest BCUT2D eigenvalue weighted by atomic mass is 10.2. The van der Waals surface area contributed by atoms with Gasteiger partial charge < -0.3 is 10.0 Å². The second-order valence-electron chi connectivity index (χ2n) is 4.32. The fourth-order valence-electron chi connectivity index (χ4n) is 2.10. The number of anilines is 1. The third-order valence-corrected chi connectivity index (χ3v) is 3.09. The van der Waals surface area contributed by atoms with Crippen LogP contribution in [0.15, 0.2) is 24.3 Å². The molecular weight excluding hydrogens is 230 g/mol. The third-order valence-electron chi connectivity index (χ3n) is 3.09. The zero-order valence-corrected chi connectivity index (χ0v) is 10.0. The van der Waals surface area contributed by atoms with E-state index in [1.165, 1.54) is 0 Å². The molecule has 0 bridgehead atoms. The second-order valence-corrected chi connectivity index (χ2v) is 4.32. The molecule has 1 aromatic rings. The van der Waals surface area contributed by atoms with Gasteiger partial charge in [-0.3, -0.25) is 9.69 Å². The van der Waals surface area contributed by atoms with E-state index < -0.39 is 5.97 Å². The average Bonchev–Trinajstić information content (AvgIpc) is 2.39. The molecule has 0 saturated carbocycles. The predicted octanol–water partition coefficient (Wildman–Crippen LogP) is 0.765. The van der Waals surface area contributed by atoms with Crippen LogP contribution in [-0.4, -0.2) is 48.7 Å². The minimum atomic E-state index is -0.776. The molecule has 5 nitrogen and oxygen atoms in total. The van der Waals surface area contributed by atoms with E-state index in [1.54, 1.807) is 12.1 Å². The van der Waals surface area contributed by atoms with Gasteiger partial charge in [0.15, 0.2) is 0 Å². The first kappa shape index (κ1) is 12.4. The average molecular weight is 245 g/mol. The van der Waals surface area contributed by atoms with E-state index in [2.05, 4.69) is 11.0 Å². The van der Waals surface area contributed by atoms with Crippen molar-refractivity contribution in [3.05, 3.63) is 29.8 Å². The molecule has 0 unspecified atom stereocenters. The Hall–Kier alpha value is -2.06. The van der Waals surface area contributed by atoms with Crippen LogP contribution in [0.25, 0.3) is 0 Å². The normalized spacial score (nSPS) is 16.3. The number of hydrogen-bond acceptors (Lipinski definition) is 4. The first-order chi connectivity index (χ1) is 8.69. The van der Waals surface area contributed by atoms with Gasteiger partial charge in [-0.2, -0.15) is 5.26 Å². The molecule has 1 aliphatic rings. The minimum absolute atomic E-state index is 0.112. The van der Waals surface area contributed by atoms with Crippen molar-refractivity contribution in [2.75, 3.05) is 37.6 Å². The Labute approximate surface area is 106 Å². The number of rotatable bonds is 3. The van der Waals surface area contributed by atoms with Gasteiger partial charge in [-0.25, -0.2) is 0 Å². The summed E-state index contributed by atoms with van der Waals surface area (Å²) in [7, 11) is 0. The van der Waals surface area contributed by atoms with Crippen molar-refractivity contribution in [1.29, 1.82) is 5.26 Å². The van der Waals surface area contributed by atoms with E-state index in [0.29, 0.717) is 5.56 Å². The lowest BCUT2D eigenvalue weighted by molar-refractivity contribution is -0.138. The van der Waals surface area contributed by atoms with E-state index >= 15 is 0 Å². The highest BCUT2D eigenvalue weighted by atomic mass is 16.4. The van der Waals surface area contributed by atoms with Crippen molar-refractivity contribution in [3.63, 3.8) is 0 Å². The molecule has 1 saturated heterocycles. The highest BCUT2D eigenvalue weighted by molar-refractivity contribution is 5.69. The van der Waals surface area contributed by atoms with Gasteiger partial charge in [0, 0.05) is 31.9 Å². The largest absolute Gasteiger partial charge is 0.480 e. The summed E-state index contributed by atoms with van der Waals surface area (Å²) in [5.41, 5.74) is 1.74. The number of piperazine rings is 1. The van der Waals surface area contributed by atoms with Gasteiger partial charge in [-0.05, 0) is 24.3 Å². The Morgan fingerprint density at radius 2 is 1.83 bits per heavy atom. The second kappa shape index (κ2) is 5.52. The molecule has 5 heteroatoms. The molecule has 0 aromatic heterocycles. The summed E-state index contributed by atoms with van der Waals surface area (Å²) in [6.45, 7) is 3.26. The van der Waals surface area contributed by atoms with Crippen molar-refractivity contribution >= 4 is 11.7 Å². The van der Waals surface area contributed by atoms with Crippen molar-refractivity contribution in [3.8, 4) is 6.07 Å². The van der Waals surface area contributed by atoms with Crippen LogP contribution < -0.4 is 4.90 Å². The monoisotopic (exact) mass is 245 g/mol. The summed E-state index contributed by atoms with van der Waals surface area (Å²) < 4.78 is 0.